The van der Waals surface area contributed by atoms with Crippen molar-refractivity contribution in [2.24, 2.45) is 21.8 Å². The lowest BCUT2D eigenvalue weighted by molar-refractivity contribution is -0.131. The van der Waals surface area contributed by atoms with Gasteiger partial charge in [0.1, 0.15) is 18.3 Å². The van der Waals surface area contributed by atoms with Crippen molar-refractivity contribution < 1.29 is 18.3 Å². The van der Waals surface area contributed by atoms with Crippen molar-refractivity contribution in [3.63, 3.8) is 0 Å². The molecular weight excluding hydrogens is 524 g/mol. The molecular formula is C32H35F2N5O2. The molecule has 214 valence electrons. The van der Waals surface area contributed by atoms with E-state index in [0.717, 1.165) is 37.2 Å². The van der Waals surface area contributed by atoms with Crippen LogP contribution in [0, 0.1) is 11.8 Å². The molecule has 1 aromatic rings. The first-order chi connectivity index (χ1) is 19.9. The maximum atomic E-state index is 16.0. The van der Waals surface area contributed by atoms with Gasteiger partial charge in [0, 0.05) is 24.7 Å². The first kappa shape index (κ1) is 25.4. The Kier molecular flexibility index (Phi) is 5.78. The molecule has 4 heterocycles. The summed E-state index contributed by atoms with van der Waals surface area (Å²) in [5.74, 6) is -0.198. The number of ether oxygens (including phenoxy) is 1. The van der Waals surface area contributed by atoms with E-state index in [2.05, 4.69) is 35.6 Å². The van der Waals surface area contributed by atoms with Crippen molar-refractivity contribution in [2.45, 2.75) is 62.2 Å². The van der Waals surface area contributed by atoms with E-state index in [1.807, 2.05) is 12.1 Å². The lowest BCUT2D eigenvalue weighted by atomic mass is 9.83. The lowest BCUT2D eigenvalue weighted by Crippen LogP contribution is -2.66. The summed E-state index contributed by atoms with van der Waals surface area (Å²) in [5, 5.41) is 0. The standard InChI is InChI=1S/C32H35F2N5O2/c1-17(33)31(40)38-10-8-27-28(38)15-39(27)30-24-13-25(34)23(21-7-3-5-18-11-19-12-22(19)29(18)21)14-26(24)35-32(36-30)41-16-20-6-4-9-37(20)2/h3,5,7,13-14,19-20,22,24,26-28H,1,4,6,8-12,15-16H2,2H3/t19?,20-,22?,24?,26?,27+,28+/m0/s1. The quantitative estimate of drug-likeness (QED) is 0.519. The number of amides is 1. The molecule has 3 aliphatic carbocycles. The third-order valence-electron chi connectivity index (χ3n) is 10.5. The Morgan fingerprint density at radius 2 is 2.07 bits per heavy atom. The number of aliphatic imine (C=N–C) groups is 2. The van der Waals surface area contributed by atoms with E-state index in [0.29, 0.717) is 55.6 Å². The summed E-state index contributed by atoms with van der Waals surface area (Å²) in [4.78, 5) is 28.1. The fraction of sp³-hybridized carbons (Fsp3) is 0.531. The van der Waals surface area contributed by atoms with Gasteiger partial charge in [0.25, 0.3) is 5.91 Å². The maximum absolute atomic E-state index is 16.0. The average Bonchev–Trinajstić information content (AvgIpc) is 3.24. The number of carbonyl (C=O) groups is 1. The van der Waals surface area contributed by atoms with E-state index >= 15 is 4.39 Å². The molecule has 0 radical (unpaired) electrons. The van der Waals surface area contributed by atoms with Crippen molar-refractivity contribution in [2.75, 3.05) is 33.3 Å². The second kappa shape index (κ2) is 9.34. The molecule has 3 saturated heterocycles. The minimum Gasteiger partial charge on any atom is -0.462 e. The van der Waals surface area contributed by atoms with Crippen LogP contribution in [0.1, 0.15) is 48.3 Å². The minimum atomic E-state index is -0.932. The third kappa shape index (κ3) is 4.02. The van der Waals surface area contributed by atoms with Gasteiger partial charge < -0.3 is 19.4 Å². The predicted octanol–water partition coefficient (Wildman–Crippen LogP) is 4.23. The number of amidine groups is 2. The Hall–Kier alpha value is -3.33. The van der Waals surface area contributed by atoms with Crippen LogP contribution in [0.2, 0.25) is 0 Å². The average molecular weight is 560 g/mol. The first-order valence-corrected chi connectivity index (χ1v) is 15.0. The van der Waals surface area contributed by atoms with Crippen LogP contribution in [-0.2, 0) is 16.0 Å². The van der Waals surface area contributed by atoms with E-state index in [9.17, 15) is 9.18 Å². The Morgan fingerprint density at radius 3 is 2.88 bits per heavy atom. The molecule has 4 fully saturated rings. The molecule has 0 bridgehead atoms. The lowest BCUT2D eigenvalue weighted by Gasteiger charge is -2.50. The van der Waals surface area contributed by atoms with Crippen LogP contribution >= 0.6 is 0 Å². The molecule has 0 spiro atoms. The molecule has 1 saturated carbocycles. The molecule has 7 atom stereocenters. The zero-order chi connectivity index (χ0) is 28.0. The number of allylic oxidation sites excluding steroid dienone is 2. The molecule has 4 unspecified atom stereocenters. The number of nitrogens with zero attached hydrogens (tertiary/aromatic N) is 5. The molecule has 1 aromatic carbocycles. The summed E-state index contributed by atoms with van der Waals surface area (Å²) in [6.45, 7) is 5.74. The first-order valence-electron chi connectivity index (χ1n) is 15.0. The SMILES string of the molecule is C=C(F)C(=O)N1CC[C@@H]2[C@H]1CN2C1=NC(OC[C@@H]2CCCN2C)=NC2C=C(c3cccc4c3C3CC3C4)C(F)=CC12. The third-order valence-corrected chi connectivity index (χ3v) is 10.5. The maximum Gasteiger partial charge on any atom is 0.314 e. The van der Waals surface area contributed by atoms with Crippen LogP contribution in [0.25, 0.3) is 5.57 Å². The highest BCUT2D eigenvalue weighted by Gasteiger charge is 2.53. The summed E-state index contributed by atoms with van der Waals surface area (Å²) < 4.78 is 35.9. The molecule has 9 heteroatoms. The van der Waals surface area contributed by atoms with Gasteiger partial charge in [-0.1, -0.05) is 24.8 Å². The summed E-state index contributed by atoms with van der Waals surface area (Å²) in [5.41, 5.74) is 4.28. The monoisotopic (exact) mass is 559 g/mol. The Bertz CT molecular complexity index is 1470. The van der Waals surface area contributed by atoms with Crippen molar-refractivity contribution >= 4 is 23.3 Å². The van der Waals surface area contributed by atoms with E-state index in [-0.39, 0.29) is 29.9 Å². The van der Waals surface area contributed by atoms with Gasteiger partial charge in [0.05, 0.1) is 24.0 Å². The molecule has 0 N–H and O–H groups in total. The molecule has 7 aliphatic rings. The zero-order valence-electron chi connectivity index (χ0n) is 23.3. The van der Waals surface area contributed by atoms with Crippen molar-refractivity contribution in [3.8, 4) is 0 Å². The molecule has 41 heavy (non-hydrogen) atoms. The number of likely N-dealkylation sites (tertiary alicyclic amines) is 3. The molecule has 4 aliphatic heterocycles. The Balaban J connectivity index is 1.11. The van der Waals surface area contributed by atoms with Gasteiger partial charge in [-0.3, -0.25) is 4.79 Å². The van der Waals surface area contributed by atoms with Gasteiger partial charge in [-0.2, -0.15) is 4.99 Å². The van der Waals surface area contributed by atoms with Crippen LogP contribution < -0.4 is 0 Å². The number of carbonyl (C=O) groups excluding carboxylic acids is 1. The van der Waals surface area contributed by atoms with Crippen molar-refractivity contribution in [1.29, 1.82) is 0 Å². The fourth-order valence-corrected chi connectivity index (χ4v) is 8.14. The molecule has 7 nitrogen and oxygen atoms in total. The van der Waals surface area contributed by atoms with Crippen LogP contribution in [0.15, 0.2) is 58.6 Å². The van der Waals surface area contributed by atoms with Gasteiger partial charge >= 0.3 is 6.02 Å². The Labute approximate surface area is 238 Å². The number of likely N-dealkylation sites (N-methyl/N-ethyl adjacent to an activating group) is 1. The topological polar surface area (TPSA) is 60.7 Å². The highest BCUT2D eigenvalue weighted by atomic mass is 19.1. The number of benzene rings is 1. The number of fused-ring (bicyclic) bond motifs is 5. The largest absolute Gasteiger partial charge is 0.462 e. The summed E-state index contributed by atoms with van der Waals surface area (Å²) in [7, 11) is 2.11. The van der Waals surface area contributed by atoms with Gasteiger partial charge in [-0.05, 0) is 86.4 Å². The molecule has 1 amide bonds. The van der Waals surface area contributed by atoms with Crippen LogP contribution in [0.5, 0.6) is 0 Å². The van der Waals surface area contributed by atoms with E-state index in [4.69, 9.17) is 14.7 Å². The summed E-state index contributed by atoms with van der Waals surface area (Å²) >= 11 is 0. The number of hydrogen-bond donors (Lipinski definition) is 0. The predicted molar refractivity (Wildman–Crippen MR) is 153 cm³/mol. The van der Waals surface area contributed by atoms with Crippen LogP contribution in [-0.4, -0.2) is 89.9 Å². The van der Waals surface area contributed by atoms with E-state index in [1.165, 1.54) is 17.5 Å². The number of halogens is 2. The smallest absolute Gasteiger partial charge is 0.314 e. The van der Waals surface area contributed by atoms with Gasteiger partial charge in [-0.25, -0.2) is 13.8 Å². The van der Waals surface area contributed by atoms with E-state index < -0.39 is 11.7 Å². The summed E-state index contributed by atoms with van der Waals surface area (Å²) in [6.07, 6.45) is 8.86. The van der Waals surface area contributed by atoms with Gasteiger partial charge in [0.2, 0.25) is 0 Å². The second-order valence-corrected chi connectivity index (χ2v) is 12.7. The number of rotatable bonds is 4. The normalized spacial score (nSPS) is 34.9. The van der Waals surface area contributed by atoms with Crippen molar-refractivity contribution in [3.05, 3.63) is 65.3 Å². The second-order valence-electron chi connectivity index (χ2n) is 12.7. The van der Waals surface area contributed by atoms with E-state index in [1.54, 1.807) is 11.0 Å². The Morgan fingerprint density at radius 1 is 1.20 bits per heavy atom. The zero-order valence-corrected chi connectivity index (χ0v) is 23.3. The van der Waals surface area contributed by atoms with Gasteiger partial charge in [-0.15, -0.1) is 0 Å². The van der Waals surface area contributed by atoms with Crippen LogP contribution in [0.3, 0.4) is 0 Å². The van der Waals surface area contributed by atoms with Crippen molar-refractivity contribution in [1.82, 2.24) is 14.7 Å². The van der Waals surface area contributed by atoms with Crippen LogP contribution in [0.4, 0.5) is 8.78 Å². The fourth-order valence-electron chi connectivity index (χ4n) is 8.14. The minimum absolute atomic E-state index is 0.00375. The molecule has 0 aromatic heterocycles. The molecule has 8 rings (SSSR count). The summed E-state index contributed by atoms with van der Waals surface area (Å²) in [6, 6.07) is 6.49. The highest BCUT2D eigenvalue weighted by Crippen LogP contribution is 2.58. The van der Waals surface area contributed by atoms with Gasteiger partial charge in [0.15, 0.2) is 5.83 Å². The highest BCUT2D eigenvalue weighted by molar-refractivity contribution is 6.01. The number of hydrogen-bond acceptors (Lipinski definition) is 6.